The molecule has 0 N–H and O–H groups in total. The second-order valence-electron chi connectivity index (χ2n) is 7.85. The number of hydrogen-bond acceptors (Lipinski definition) is 0. The molecule has 0 amide bonds. The second kappa shape index (κ2) is 5.20. The van der Waals surface area contributed by atoms with Crippen molar-refractivity contribution < 1.29 is 0 Å². The summed E-state index contributed by atoms with van der Waals surface area (Å²) in [5.74, 6) is 0. The van der Waals surface area contributed by atoms with Crippen molar-refractivity contribution in [2.24, 2.45) is 0 Å². The first kappa shape index (κ1) is 14.9. The molecule has 1 fully saturated rings. The first-order chi connectivity index (χ1) is 7.21. The van der Waals surface area contributed by atoms with E-state index in [0.29, 0.717) is 6.86 Å². The molecule has 1 heteroatoms. The minimum absolute atomic E-state index is 0.643. The van der Waals surface area contributed by atoms with Gasteiger partial charge in [-0.2, -0.15) is 0 Å². The number of hydrogen-bond donors (Lipinski definition) is 0. The molecule has 1 aliphatic rings. The first-order valence-corrected chi connectivity index (χ1v) is 14.1. The molecule has 0 aromatic rings. The van der Waals surface area contributed by atoms with Gasteiger partial charge in [0.2, 0.25) is 0 Å². The Bertz CT molecular complexity index is 193. The predicted molar refractivity (Wildman–Crippen MR) is 77.9 cm³/mol. The fourth-order valence-electron chi connectivity index (χ4n) is 4.13. The van der Waals surface area contributed by atoms with Crippen LogP contribution in [0.3, 0.4) is 0 Å². The summed E-state index contributed by atoms with van der Waals surface area (Å²) in [4.78, 5) is 0. The van der Waals surface area contributed by atoms with Gasteiger partial charge in [0.15, 0.2) is 0 Å². The Kier molecular flexibility index (Phi) is 4.83. The molecule has 1 saturated heterocycles. The van der Waals surface area contributed by atoms with Gasteiger partial charge in [-0.15, -0.1) is 0 Å². The van der Waals surface area contributed by atoms with Crippen LogP contribution in [0.5, 0.6) is 0 Å². The van der Waals surface area contributed by atoms with Crippen molar-refractivity contribution in [3.05, 3.63) is 0 Å². The van der Waals surface area contributed by atoms with Crippen molar-refractivity contribution in [3.8, 4) is 0 Å². The molecule has 0 aromatic heterocycles. The van der Waals surface area contributed by atoms with Gasteiger partial charge in [0.05, 0.1) is 0 Å². The van der Waals surface area contributed by atoms with Crippen molar-refractivity contribution in [1.29, 1.82) is 0 Å². The van der Waals surface area contributed by atoms with E-state index < -0.39 is 18.4 Å². The van der Waals surface area contributed by atoms with E-state index in [1.165, 1.54) is 32.1 Å². The zero-order valence-electron chi connectivity index (χ0n) is 12.4. The van der Waals surface area contributed by atoms with Crippen molar-refractivity contribution in [2.45, 2.75) is 89.4 Å². The quantitative estimate of drug-likeness (QED) is 0.478. The average molecular weight is 331 g/mol. The molecule has 1 heterocycles. The van der Waals surface area contributed by atoms with E-state index in [1.807, 2.05) is 0 Å². The Morgan fingerprint density at radius 3 is 1.19 bits per heavy atom. The Morgan fingerprint density at radius 2 is 0.875 bits per heavy atom. The van der Waals surface area contributed by atoms with Crippen molar-refractivity contribution in [1.82, 2.24) is 0 Å². The van der Waals surface area contributed by atoms with E-state index in [4.69, 9.17) is 0 Å². The van der Waals surface area contributed by atoms with Gasteiger partial charge >= 0.3 is 108 Å². The molecule has 0 atom stereocenters. The van der Waals surface area contributed by atoms with Crippen molar-refractivity contribution in [3.63, 3.8) is 0 Å². The van der Waals surface area contributed by atoms with Crippen LogP contribution >= 0.6 is 0 Å². The fraction of sp³-hybridized carbons (Fsp3) is 1.00. The van der Waals surface area contributed by atoms with Gasteiger partial charge < -0.3 is 0 Å². The second-order valence-corrected chi connectivity index (χ2v) is 25.4. The summed E-state index contributed by atoms with van der Waals surface area (Å²) >= 11 is -2.04. The van der Waals surface area contributed by atoms with Gasteiger partial charge in [-0.3, -0.25) is 0 Å². The summed E-state index contributed by atoms with van der Waals surface area (Å²) in [6, 6.07) is 0. The van der Waals surface area contributed by atoms with Crippen LogP contribution in [-0.4, -0.2) is 18.4 Å². The van der Waals surface area contributed by atoms with E-state index >= 15 is 0 Å². The van der Waals surface area contributed by atoms with Gasteiger partial charge in [0.1, 0.15) is 0 Å². The van der Waals surface area contributed by atoms with E-state index in [-0.39, 0.29) is 0 Å². The Morgan fingerprint density at radius 1 is 0.562 bits per heavy atom. The van der Waals surface area contributed by atoms with Gasteiger partial charge in [-0.25, -0.2) is 0 Å². The maximum atomic E-state index is 2.55. The third-order valence-corrected chi connectivity index (χ3v) is 28.4. The summed E-state index contributed by atoms with van der Waals surface area (Å²) in [7, 11) is 0. The average Bonchev–Trinajstić information content (AvgIpc) is 1.97. The van der Waals surface area contributed by atoms with Crippen LogP contribution in [0.1, 0.15) is 73.6 Å². The zero-order valence-corrected chi connectivity index (χ0v) is 15.3. The van der Waals surface area contributed by atoms with Crippen LogP contribution in [0, 0.1) is 0 Å². The maximum absolute atomic E-state index is 2.55. The fourth-order valence-corrected chi connectivity index (χ4v) is 24.7. The minimum atomic E-state index is -2.04. The number of rotatable bonds is 0. The van der Waals surface area contributed by atoms with Crippen LogP contribution in [-0.2, 0) is 0 Å². The van der Waals surface area contributed by atoms with Gasteiger partial charge in [-0.1, -0.05) is 0 Å². The molecular formula is C15H32Sn. The molecule has 0 spiro atoms. The van der Waals surface area contributed by atoms with Crippen molar-refractivity contribution >= 4 is 18.4 Å². The van der Waals surface area contributed by atoms with Gasteiger partial charge in [0, 0.05) is 0 Å². The topological polar surface area (TPSA) is 0 Å². The van der Waals surface area contributed by atoms with Gasteiger partial charge in [-0.05, 0) is 0 Å². The standard InChI is InChI=1S/C7H14.2C4H9.Sn/c1-3-5-7-6-4-2;2*1-4(2)3;/h1-7H2;2*1-3H3;. The summed E-state index contributed by atoms with van der Waals surface area (Å²) in [6.07, 6.45) is 7.57. The van der Waals surface area contributed by atoms with Crippen molar-refractivity contribution in [2.75, 3.05) is 0 Å². The molecular weight excluding hydrogens is 299 g/mol. The molecule has 0 bridgehead atoms. The molecule has 0 saturated carbocycles. The van der Waals surface area contributed by atoms with E-state index in [2.05, 4.69) is 41.5 Å². The normalized spacial score (nSPS) is 23.6. The molecule has 0 aromatic carbocycles. The Hall–Kier alpha value is 0.799. The van der Waals surface area contributed by atoms with Crippen LogP contribution in [0.25, 0.3) is 0 Å². The molecule has 96 valence electrons. The molecule has 0 radical (unpaired) electrons. The summed E-state index contributed by atoms with van der Waals surface area (Å²) < 4.78 is 4.57. The van der Waals surface area contributed by atoms with Gasteiger partial charge in [0.25, 0.3) is 0 Å². The first-order valence-electron chi connectivity index (χ1n) is 7.21. The summed E-state index contributed by atoms with van der Waals surface area (Å²) in [5, 5.41) is 0. The SMILES string of the molecule is C[C](C)(C)[Sn]1([C](C)(C)C)[CH2]CCCCC[CH2]1. The van der Waals surface area contributed by atoms with Crippen LogP contribution in [0.2, 0.25) is 15.7 Å². The van der Waals surface area contributed by atoms with E-state index in [1.54, 1.807) is 8.87 Å². The summed E-state index contributed by atoms with van der Waals surface area (Å²) in [6.45, 7) is 15.3. The Balaban J connectivity index is 3.01. The third kappa shape index (κ3) is 2.97. The molecule has 1 rings (SSSR count). The van der Waals surface area contributed by atoms with E-state index in [9.17, 15) is 0 Å². The molecule has 16 heavy (non-hydrogen) atoms. The predicted octanol–water partition coefficient (Wildman–Crippen LogP) is 6.00. The Labute approximate surface area is 107 Å². The third-order valence-electron chi connectivity index (χ3n) is 5.08. The van der Waals surface area contributed by atoms with E-state index in [0.717, 1.165) is 0 Å². The van der Waals surface area contributed by atoms with Crippen LogP contribution in [0.15, 0.2) is 0 Å². The molecule has 0 unspecified atom stereocenters. The molecule has 0 nitrogen and oxygen atoms in total. The molecule has 1 aliphatic heterocycles. The van der Waals surface area contributed by atoms with Crippen LogP contribution < -0.4 is 0 Å². The molecule has 0 aliphatic carbocycles. The summed E-state index contributed by atoms with van der Waals surface area (Å²) in [5.41, 5.74) is 0. The van der Waals surface area contributed by atoms with Crippen LogP contribution in [0.4, 0.5) is 0 Å². The monoisotopic (exact) mass is 332 g/mol. The zero-order chi connectivity index (χ0) is 12.4.